The number of halogens is 1. The molecule has 4 nitrogen and oxygen atoms in total. The van der Waals surface area contributed by atoms with Crippen LogP contribution < -0.4 is 5.73 Å². The van der Waals surface area contributed by atoms with Gasteiger partial charge in [0.15, 0.2) is 5.17 Å². The lowest BCUT2D eigenvalue weighted by atomic mass is 10.0. The van der Waals surface area contributed by atoms with Crippen molar-refractivity contribution in [2.45, 2.75) is 18.4 Å². The highest BCUT2D eigenvalue weighted by Crippen LogP contribution is 2.59. The lowest BCUT2D eigenvalue weighted by Gasteiger charge is -2.13. The van der Waals surface area contributed by atoms with Crippen molar-refractivity contribution in [2.24, 2.45) is 21.8 Å². The Morgan fingerprint density at radius 1 is 1.56 bits per heavy atom. The van der Waals surface area contributed by atoms with E-state index in [2.05, 4.69) is 10.2 Å². The second kappa shape index (κ2) is 4.05. The van der Waals surface area contributed by atoms with Crippen molar-refractivity contribution in [3.63, 3.8) is 0 Å². The molecule has 1 aliphatic carbocycles. The summed E-state index contributed by atoms with van der Waals surface area (Å²) >= 11 is 1.50. The van der Waals surface area contributed by atoms with Crippen molar-refractivity contribution in [1.82, 2.24) is 0 Å². The number of aliphatic imine (C=N–C) groups is 1. The van der Waals surface area contributed by atoms with Gasteiger partial charge < -0.3 is 5.73 Å². The first-order chi connectivity index (χ1) is 8.65. The monoisotopic (exact) mass is 265 g/mol. The number of rotatable bonds is 2. The normalized spacial score (nSPS) is 30.1. The van der Waals surface area contributed by atoms with E-state index in [1.165, 1.54) is 30.0 Å². The van der Waals surface area contributed by atoms with Gasteiger partial charge in [-0.05, 0) is 42.1 Å². The van der Waals surface area contributed by atoms with Crippen LogP contribution in [0, 0.1) is 16.6 Å². The molecule has 0 amide bonds. The minimum absolute atomic E-state index is 0.233. The lowest BCUT2D eigenvalue weighted by molar-refractivity contribution is 0.551. The fourth-order valence-corrected chi connectivity index (χ4v) is 3.46. The highest BCUT2D eigenvalue weighted by molar-refractivity contribution is 8.13. The third-order valence-electron chi connectivity index (χ3n) is 3.62. The predicted molar refractivity (Wildman–Crippen MR) is 70.3 cm³/mol. The number of thioether (sulfide) groups is 1. The van der Waals surface area contributed by atoms with Crippen LogP contribution in [0.1, 0.15) is 18.4 Å². The van der Waals surface area contributed by atoms with Crippen LogP contribution in [0.3, 0.4) is 0 Å². The van der Waals surface area contributed by atoms with Crippen molar-refractivity contribution >= 4 is 22.6 Å². The van der Waals surface area contributed by atoms with Crippen LogP contribution in [0.2, 0.25) is 0 Å². The molecule has 94 valence electrons. The largest absolute Gasteiger partial charge is 0.379 e. The van der Waals surface area contributed by atoms with Gasteiger partial charge in [-0.2, -0.15) is 0 Å². The van der Waals surface area contributed by atoms with Crippen LogP contribution in [-0.2, 0) is 5.54 Å². The first kappa shape index (κ1) is 11.6. The molecule has 18 heavy (non-hydrogen) atoms. The number of amidine groups is 1. The number of nitrogens with zero attached hydrogens (tertiary/aromatic N) is 2. The Balaban J connectivity index is 2.09. The van der Waals surface area contributed by atoms with E-state index in [1.54, 1.807) is 0 Å². The Labute approximate surface area is 108 Å². The second-order valence-electron chi connectivity index (χ2n) is 4.67. The quantitative estimate of drug-likeness (QED) is 0.836. The Morgan fingerprint density at radius 2 is 2.39 bits per heavy atom. The van der Waals surface area contributed by atoms with Gasteiger partial charge in [0.2, 0.25) is 0 Å². The smallest absolute Gasteiger partial charge is 0.154 e. The van der Waals surface area contributed by atoms with Crippen LogP contribution in [0.25, 0.3) is 0 Å². The van der Waals surface area contributed by atoms with Crippen molar-refractivity contribution in [2.75, 3.05) is 5.75 Å². The summed E-state index contributed by atoms with van der Waals surface area (Å²) in [7, 11) is 0. The van der Waals surface area contributed by atoms with E-state index in [1.807, 2.05) is 0 Å². The average molecular weight is 265 g/mol. The molecule has 2 atom stereocenters. The van der Waals surface area contributed by atoms with E-state index in [4.69, 9.17) is 5.73 Å². The molecule has 1 aromatic carbocycles. The van der Waals surface area contributed by atoms with Crippen LogP contribution in [0.5, 0.6) is 0 Å². The van der Waals surface area contributed by atoms with Gasteiger partial charge in [0.25, 0.3) is 0 Å². The minimum Gasteiger partial charge on any atom is -0.379 e. The summed E-state index contributed by atoms with van der Waals surface area (Å²) in [5.41, 5.74) is 5.93. The van der Waals surface area contributed by atoms with E-state index >= 15 is 0 Å². The predicted octanol–water partition coefficient (Wildman–Crippen LogP) is 2.89. The molecule has 1 saturated carbocycles. The van der Waals surface area contributed by atoms with E-state index < -0.39 is 5.54 Å². The summed E-state index contributed by atoms with van der Waals surface area (Å²) in [5, 5.41) is 3.36. The molecule has 6 heteroatoms. The zero-order valence-corrected chi connectivity index (χ0v) is 10.4. The van der Waals surface area contributed by atoms with Crippen LogP contribution in [0.15, 0.2) is 28.4 Å². The first-order valence-corrected chi connectivity index (χ1v) is 6.76. The molecule has 0 bridgehead atoms. The van der Waals surface area contributed by atoms with Gasteiger partial charge in [0.05, 0.1) is 5.54 Å². The number of nitroso groups, excluding NO2 is 1. The Kier molecular flexibility index (Phi) is 2.62. The zero-order chi connectivity index (χ0) is 12.8. The Morgan fingerprint density at radius 3 is 3.17 bits per heavy atom. The van der Waals surface area contributed by atoms with E-state index in [9.17, 15) is 9.30 Å². The van der Waals surface area contributed by atoms with Crippen molar-refractivity contribution in [1.29, 1.82) is 0 Å². The topological polar surface area (TPSA) is 67.8 Å². The van der Waals surface area contributed by atoms with Crippen LogP contribution in [-0.4, -0.2) is 10.9 Å². The molecule has 3 rings (SSSR count). The van der Waals surface area contributed by atoms with E-state index in [-0.39, 0.29) is 11.5 Å². The number of hydrogen-bond acceptors (Lipinski definition) is 5. The maximum absolute atomic E-state index is 14.0. The Bertz CT molecular complexity index is 548. The van der Waals surface area contributed by atoms with Gasteiger partial charge in [0.1, 0.15) is 11.5 Å². The number of fused-ring (bicyclic) bond motifs is 1. The van der Waals surface area contributed by atoms with E-state index in [0.29, 0.717) is 16.6 Å². The third-order valence-corrected chi connectivity index (χ3v) is 4.45. The van der Waals surface area contributed by atoms with Crippen LogP contribution >= 0.6 is 11.8 Å². The maximum Gasteiger partial charge on any atom is 0.154 e. The molecule has 1 fully saturated rings. The zero-order valence-electron chi connectivity index (χ0n) is 9.60. The summed E-state index contributed by atoms with van der Waals surface area (Å²) in [5.74, 6) is 0.894. The fourth-order valence-electron chi connectivity index (χ4n) is 2.62. The summed E-state index contributed by atoms with van der Waals surface area (Å²) in [4.78, 5) is 15.0. The standard InChI is InChI=1S/C12H12FN3OS/c13-10-2-1-8(16-17)5-9(10)12-6-7(12)3-4-18-11(14)15-12/h1-2,5,7H,3-4,6H2,(H2,14,15)/t7-,12+/m1/s1. The SMILES string of the molecule is NC1=N[C@@]2(c3cc(N=O)ccc3F)C[C@H]2CCS1. The summed E-state index contributed by atoms with van der Waals surface area (Å²) in [6.45, 7) is 0. The van der Waals surface area contributed by atoms with Crippen molar-refractivity contribution in [3.05, 3.63) is 34.5 Å². The third kappa shape index (κ3) is 1.71. The first-order valence-electron chi connectivity index (χ1n) is 5.77. The molecular weight excluding hydrogens is 253 g/mol. The van der Waals surface area contributed by atoms with E-state index in [0.717, 1.165) is 18.6 Å². The van der Waals surface area contributed by atoms with Gasteiger partial charge in [-0.15, -0.1) is 4.91 Å². The molecule has 0 saturated heterocycles. The summed E-state index contributed by atoms with van der Waals surface area (Å²) in [6.07, 6.45) is 1.76. The molecule has 1 heterocycles. The van der Waals surface area contributed by atoms with Gasteiger partial charge in [-0.3, -0.25) is 4.99 Å². The average Bonchev–Trinajstić information content (AvgIpc) is 3.04. The van der Waals surface area contributed by atoms with Gasteiger partial charge >= 0.3 is 0 Å². The number of benzene rings is 1. The highest BCUT2D eigenvalue weighted by atomic mass is 32.2. The van der Waals surface area contributed by atoms with Gasteiger partial charge in [0, 0.05) is 11.3 Å². The molecule has 2 N–H and O–H groups in total. The second-order valence-corrected chi connectivity index (χ2v) is 5.78. The maximum atomic E-state index is 14.0. The molecule has 1 aromatic rings. The van der Waals surface area contributed by atoms with Crippen LogP contribution in [0.4, 0.5) is 10.1 Å². The number of nitrogens with two attached hydrogens (primary N) is 1. The van der Waals surface area contributed by atoms with Gasteiger partial charge in [-0.25, -0.2) is 4.39 Å². The molecule has 0 radical (unpaired) electrons. The van der Waals surface area contributed by atoms with Crippen molar-refractivity contribution in [3.8, 4) is 0 Å². The fraction of sp³-hybridized carbons (Fsp3) is 0.417. The Hall–Kier alpha value is -1.43. The van der Waals surface area contributed by atoms with Crippen molar-refractivity contribution < 1.29 is 4.39 Å². The molecule has 1 aliphatic heterocycles. The van der Waals surface area contributed by atoms with Gasteiger partial charge in [-0.1, -0.05) is 11.8 Å². The molecule has 0 spiro atoms. The molecular formula is C12H12FN3OS. The lowest BCUT2D eigenvalue weighted by Crippen LogP contribution is -2.14. The molecule has 2 aliphatic rings. The molecule has 0 unspecified atom stereocenters. The highest BCUT2D eigenvalue weighted by Gasteiger charge is 2.57. The summed E-state index contributed by atoms with van der Waals surface area (Å²) < 4.78 is 14.0. The molecule has 0 aromatic heterocycles. The summed E-state index contributed by atoms with van der Waals surface area (Å²) in [6, 6.07) is 4.15. The minimum atomic E-state index is -0.557. The number of hydrogen-bond donors (Lipinski definition) is 1.